The molecule has 0 radical (unpaired) electrons. The van der Waals surface area contributed by atoms with Crippen molar-refractivity contribution in [2.24, 2.45) is 4.99 Å². The average molecular weight is 496 g/mol. The maximum Gasteiger partial charge on any atom is 0.191 e. The van der Waals surface area contributed by atoms with E-state index in [1.807, 2.05) is 6.07 Å². The minimum absolute atomic E-state index is 0. The summed E-state index contributed by atoms with van der Waals surface area (Å²) in [4.78, 5) is 6.70. The van der Waals surface area contributed by atoms with E-state index in [4.69, 9.17) is 4.74 Å². The summed E-state index contributed by atoms with van der Waals surface area (Å²) >= 11 is 0. The molecule has 7 heteroatoms. The van der Waals surface area contributed by atoms with E-state index < -0.39 is 0 Å². The number of ether oxygens (including phenoxy) is 1. The predicted molar refractivity (Wildman–Crippen MR) is 125 cm³/mol. The summed E-state index contributed by atoms with van der Waals surface area (Å²) in [5.41, 5.74) is 3.30. The van der Waals surface area contributed by atoms with Gasteiger partial charge in [-0.1, -0.05) is 17.7 Å². The van der Waals surface area contributed by atoms with Crippen LogP contribution in [0.2, 0.25) is 0 Å². The van der Waals surface area contributed by atoms with Gasteiger partial charge >= 0.3 is 0 Å². The number of aliphatic imine (C=N–C) groups is 1. The summed E-state index contributed by atoms with van der Waals surface area (Å²) in [6.45, 7) is 4.54. The van der Waals surface area contributed by atoms with E-state index in [0.29, 0.717) is 12.6 Å². The molecule has 1 saturated heterocycles. The number of nitrogens with one attached hydrogen (secondary N) is 2. The molecule has 3 rings (SSSR count). The highest BCUT2D eigenvalue weighted by molar-refractivity contribution is 14.0. The Balaban J connectivity index is 0.00000280. The molecule has 1 heterocycles. The van der Waals surface area contributed by atoms with E-state index in [2.05, 4.69) is 51.7 Å². The Morgan fingerprint density at radius 1 is 1.25 bits per heavy atom. The number of methoxy groups -OCH3 is 1. The summed E-state index contributed by atoms with van der Waals surface area (Å²) in [6.07, 6.45) is 1.05. The van der Waals surface area contributed by atoms with Crippen molar-refractivity contribution in [1.82, 2.24) is 10.6 Å². The highest BCUT2D eigenvalue weighted by Gasteiger charge is 2.23. The maximum atomic E-state index is 10.0. The highest BCUT2D eigenvalue weighted by Crippen LogP contribution is 2.23. The van der Waals surface area contributed by atoms with Crippen LogP contribution in [0.1, 0.15) is 17.5 Å². The van der Waals surface area contributed by atoms with Gasteiger partial charge in [-0.2, -0.15) is 0 Å². The van der Waals surface area contributed by atoms with E-state index in [1.165, 1.54) is 11.3 Å². The fraction of sp³-hybridized carbons (Fsp3) is 0.381. The second-order valence-corrected chi connectivity index (χ2v) is 6.83. The molecule has 0 amide bonds. The summed E-state index contributed by atoms with van der Waals surface area (Å²) in [6, 6.07) is 14.2. The zero-order valence-corrected chi connectivity index (χ0v) is 18.9. The highest BCUT2D eigenvalue weighted by atomic mass is 127. The summed E-state index contributed by atoms with van der Waals surface area (Å²) < 4.78 is 5.22. The zero-order chi connectivity index (χ0) is 19.2. The van der Waals surface area contributed by atoms with Gasteiger partial charge in [-0.25, -0.2) is 0 Å². The first-order chi connectivity index (χ1) is 13.1. The molecule has 1 atom stereocenters. The summed E-state index contributed by atoms with van der Waals surface area (Å²) in [7, 11) is 3.37. The minimum Gasteiger partial charge on any atom is -0.508 e. The second kappa shape index (κ2) is 10.4. The number of nitrogens with zero attached hydrogens (tertiary/aromatic N) is 2. The molecule has 2 aromatic rings. The van der Waals surface area contributed by atoms with Gasteiger partial charge < -0.3 is 25.4 Å². The van der Waals surface area contributed by atoms with Gasteiger partial charge in [0.05, 0.1) is 7.11 Å². The predicted octanol–water partition coefficient (Wildman–Crippen LogP) is 3.27. The molecule has 152 valence electrons. The molecule has 1 unspecified atom stereocenters. The van der Waals surface area contributed by atoms with Crippen molar-refractivity contribution in [2.45, 2.75) is 25.9 Å². The molecule has 28 heavy (non-hydrogen) atoms. The van der Waals surface area contributed by atoms with Crippen LogP contribution >= 0.6 is 24.0 Å². The van der Waals surface area contributed by atoms with Crippen LogP contribution in [-0.2, 0) is 6.54 Å². The van der Waals surface area contributed by atoms with Gasteiger partial charge in [-0.3, -0.25) is 4.99 Å². The number of phenolic OH excluding ortho intramolecular Hbond substituents is 1. The van der Waals surface area contributed by atoms with Gasteiger partial charge in [0.2, 0.25) is 0 Å². The molecule has 0 saturated carbocycles. The molecule has 0 spiro atoms. The topological polar surface area (TPSA) is 69.1 Å². The van der Waals surface area contributed by atoms with Crippen LogP contribution < -0.4 is 20.3 Å². The lowest BCUT2D eigenvalue weighted by atomic mass is 10.2. The molecule has 6 nitrogen and oxygen atoms in total. The number of rotatable bonds is 5. The average Bonchev–Trinajstić information content (AvgIpc) is 3.15. The van der Waals surface area contributed by atoms with Crippen molar-refractivity contribution < 1.29 is 9.84 Å². The van der Waals surface area contributed by atoms with Crippen molar-refractivity contribution in [2.75, 3.05) is 32.1 Å². The van der Waals surface area contributed by atoms with Gasteiger partial charge in [-0.15, -0.1) is 24.0 Å². The molecule has 1 aliphatic heterocycles. The molecule has 2 aromatic carbocycles. The Hall–Kier alpha value is -2.16. The minimum atomic E-state index is 0. The fourth-order valence-corrected chi connectivity index (χ4v) is 3.27. The van der Waals surface area contributed by atoms with Gasteiger partial charge in [-0.05, 0) is 43.7 Å². The third-order valence-corrected chi connectivity index (χ3v) is 4.88. The van der Waals surface area contributed by atoms with Gasteiger partial charge in [0.15, 0.2) is 5.96 Å². The van der Waals surface area contributed by atoms with Crippen LogP contribution in [0.5, 0.6) is 11.5 Å². The van der Waals surface area contributed by atoms with Crippen LogP contribution in [0.3, 0.4) is 0 Å². The molecule has 1 fully saturated rings. The Morgan fingerprint density at radius 3 is 2.68 bits per heavy atom. The lowest BCUT2D eigenvalue weighted by Gasteiger charge is -2.20. The van der Waals surface area contributed by atoms with Gasteiger partial charge in [0.1, 0.15) is 11.5 Å². The van der Waals surface area contributed by atoms with E-state index in [1.54, 1.807) is 26.3 Å². The number of halogens is 1. The number of aromatic hydroxyl groups is 1. The van der Waals surface area contributed by atoms with E-state index in [9.17, 15) is 5.11 Å². The quantitative estimate of drug-likeness (QED) is 0.337. The number of benzene rings is 2. The van der Waals surface area contributed by atoms with Gasteiger partial charge in [0, 0.05) is 44.0 Å². The Bertz CT molecular complexity index is 795. The molecule has 0 bridgehead atoms. The lowest BCUT2D eigenvalue weighted by molar-refractivity contribution is 0.410. The van der Waals surface area contributed by atoms with Crippen LogP contribution in [0.15, 0.2) is 47.5 Å². The van der Waals surface area contributed by atoms with Crippen LogP contribution in [-0.4, -0.2) is 44.4 Å². The third kappa shape index (κ3) is 5.67. The van der Waals surface area contributed by atoms with Crippen molar-refractivity contribution in [3.63, 3.8) is 0 Å². The molecule has 0 aromatic heterocycles. The molecule has 3 N–H and O–H groups in total. The third-order valence-electron chi connectivity index (χ3n) is 4.88. The van der Waals surface area contributed by atoms with Gasteiger partial charge in [0.25, 0.3) is 0 Å². The van der Waals surface area contributed by atoms with Crippen LogP contribution in [0, 0.1) is 6.92 Å². The summed E-state index contributed by atoms with van der Waals surface area (Å²) in [5.74, 6) is 1.69. The number of guanidine groups is 1. The summed E-state index contributed by atoms with van der Waals surface area (Å²) in [5, 5.41) is 16.8. The monoisotopic (exact) mass is 496 g/mol. The first-order valence-electron chi connectivity index (χ1n) is 9.23. The lowest BCUT2D eigenvalue weighted by Crippen LogP contribution is -2.44. The molecular formula is C21H29IN4O2. The Labute approximate surface area is 184 Å². The number of hydrogen-bond donors (Lipinski definition) is 3. The number of aryl methyl sites for hydroxylation is 1. The van der Waals surface area contributed by atoms with Crippen LogP contribution in [0.4, 0.5) is 5.69 Å². The number of hydrogen-bond acceptors (Lipinski definition) is 4. The maximum absolute atomic E-state index is 10.0. The number of anilines is 1. The Kier molecular flexibility index (Phi) is 8.22. The molecule has 1 aliphatic rings. The Morgan fingerprint density at radius 2 is 2.00 bits per heavy atom. The van der Waals surface area contributed by atoms with Crippen molar-refractivity contribution in [3.8, 4) is 11.5 Å². The van der Waals surface area contributed by atoms with E-state index in [-0.39, 0.29) is 29.7 Å². The SMILES string of the molecule is CN=C(NCc1cc(OC)ccc1O)NC1CCN(c2ccc(C)cc2)C1.I. The molecular weight excluding hydrogens is 467 g/mol. The number of phenols is 1. The van der Waals surface area contributed by atoms with Crippen LogP contribution in [0.25, 0.3) is 0 Å². The first kappa shape index (κ1) is 22.1. The molecule has 0 aliphatic carbocycles. The standard InChI is InChI=1S/C21H28N4O2.HI/c1-15-4-6-18(7-5-15)25-11-10-17(14-25)24-21(22-2)23-13-16-12-19(27-3)8-9-20(16)26;/h4-9,12,17,26H,10-11,13-14H2,1-3H3,(H2,22,23,24);1H. The second-order valence-electron chi connectivity index (χ2n) is 6.83. The van der Waals surface area contributed by atoms with E-state index in [0.717, 1.165) is 36.8 Å². The van der Waals surface area contributed by atoms with Crippen molar-refractivity contribution in [1.29, 1.82) is 0 Å². The zero-order valence-electron chi connectivity index (χ0n) is 16.6. The van der Waals surface area contributed by atoms with E-state index >= 15 is 0 Å². The van der Waals surface area contributed by atoms with Crippen molar-refractivity contribution >= 4 is 35.6 Å². The smallest absolute Gasteiger partial charge is 0.191 e. The van der Waals surface area contributed by atoms with Crippen molar-refractivity contribution in [3.05, 3.63) is 53.6 Å². The fourth-order valence-electron chi connectivity index (χ4n) is 3.27. The largest absolute Gasteiger partial charge is 0.508 e. The normalized spacial score (nSPS) is 16.5. The first-order valence-corrected chi connectivity index (χ1v) is 9.23.